The molecular weight excluding hydrogens is 232 g/mol. The molecule has 1 amide bonds. The Hall–Kier alpha value is -1.10. The lowest BCUT2D eigenvalue weighted by Crippen LogP contribution is -3.16. The van der Waals surface area contributed by atoms with E-state index in [4.69, 9.17) is 0 Å². The van der Waals surface area contributed by atoms with Crippen LogP contribution in [0.25, 0.3) is 0 Å². The number of hydrogen-bond donors (Lipinski definition) is 1. The molecule has 0 aromatic carbocycles. The molecule has 18 heavy (non-hydrogen) atoms. The largest absolute Gasteiger partial charge is 0.544 e. The second-order valence-corrected chi connectivity index (χ2v) is 5.46. The van der Waals surface area contributed by atoms with Crippen LogP contribution in [0.15, 0.2) is 0 Å². The van der Waals surface area contributed by atoms with Crippen LogP contribution in [-0.4, -0.2) is 49.5 Å². The molecule has 0 aromatic rings. The first-order chi connectivity index (χ1) is 8.66. The van der Waals surface area contributed by atoms with Crippen molar-refractivity contribution in [1.82, 2.24) is 4.90 Å². The third-order valence-electron chi connectivity index (χ3n) is 4.13. The first kappa shape index (κ1) is 13.3. The molecule has 2 aliphatic rings. The molecule has 0 radical (unpaired) electrons. The number of aliphatic carboxylic acids is 1. The molecule has 1 saturated heterocycles. The van der Waals surface area contributed by atoms with Gasteiger partial charge in [0.05, 0.1) is 32.1 Å². The van der Waals surface area contributed by atoms with Gasteiger partial charge in [-0.3, -0.25) is 4.79 Å². The first-order valence-corrected chi connectivity index (χ1v) is 6.99. The number of amides is 1. The highest BCUT2D eigenvalue weighted by molar-refractivity contribution is 5.79. The lowest BCUT2D eigenvalue weighted by Gasteiger charge is -2.35. The van der Waals surface area contributed by atoms with Crippen LogP contribution in [0.3, 0.4) is 0 Å². The van der Waals surface area contributed by atoms with Crippen LogP contribution in [-0.2, 0) is 9.59 Å². The van der Waals surface area contributed by atoms with Crippen molar-refractivity contribution >= 4 is 11.9 Å². The second-order valence-electron chi connectivity index (χ2n) is 5.46. The van der Waals surface area contributed by atoms with E-state index >= 15 is 0 Å². The van der Waals surface area contributed by atoms with E-state index in [-0.39, 0.29) is 12.5 Å². The highest BCUT2D eigenvalue weighted by Gasteiger charge is 2.29. The highest BCUT2D eigenvalue weighted by atomic mass is 16.4. The zero-order chi connectivity index (χ0) is 13.0. The number of nitrogens with one attached hydrogen (secondary N) is 1. The quantitative estimate of drug-likeness (QED) is 0.636. The molecule has 0 unspecified atom stereocenters. The minimum absolute atomic E-state index is 0.0610. The van der Waals surface area contributed by atoms with Crippen LogP contribution in [0.4, 0.5) is 0 Å². The van der Waals surface area contributed by atoms with Crippen molar-refractivity contribution in [3.05, 3.63) is 0 Å². The van der Waals surface area contributed by atoms with Gasteiger partial charge < -0.3 is 19.7 Å². The summed E-state index contributed by atoms with van der Waals surface area (Å²) in [7, 11) is 0. The van der Waals surface area contributed by atoms with Gasteiger partial charge in [0.25, 0.3) is 0 Å². The van der Waals surface area contributed by atoms with Crippen LogP contribution in [0.1, 0.15) is 32.1 Å². The van der Waals surface area contributed by atoms with Crippen molar-refractivity contribution in [2.45, 2.75) is 32.1 Å². The lowest BCUT2D eigenvalue weighted by molar-refractivity contribution is -0.898. The maximum absolute atomic E-state index is 12.3. The van der Waals surface area contributed by atoms with Gasteiger partial charge in [-0.15, -0.1) is 0 Å². The number of rotatable bonds is 3. The Morgan fingerprint density at radius 1 is 1.11 bits per heavy atom. The molecule has 0 aromatic heterocycles. The summed E-state index contributed by atoms with van der Waals surface area (Å²) in [6, 6.07) is 0. The fourth-order valence-electron chi connectivity index (χ4n) is 3.03. The maximum Gasteiger partial charge on any atom is 0.226 e. The molecule has 1 N–H and O–H groups in total. The minimum atomic E-state index is -1.00. The Balaban J connectivity index is 1.78. The van der Waals surface area contributed by atoms with Crippen molar-refractivity contribution in [3.8, 4) is 0 Å². The second kappa shape index (κ2) is 6.18. The van der Waals surface area contributed by atoms with E-state index in [2.05, 4.69) is 0 Å². The molecule has 1 aliphatic carbocycles. The molecule has 0 bridgehead atoms. The van der Waals surface area contributed by atoms with E-state index in [1.807, 2.05) is 4.90 Å². The van der Waals surface area contributed by atoms with E-state index in [1.54, 1.807) is 0 Å². The van der Waals surface area contributed by atoms with Crippen molar-refractivity contribution in [1.29, 1.82) is 0 Å². The van der Waals surface area contributed by atoms with Gasteiger partial charge >= 0.3 is 0 Å². The first-order valence-electron chi connectivity index (χ1n) is 6.99. The number of piperazine rings is 1. The van der Waals surface area contributed by atoms with E-state index in [9.17, 15) is 14.7 Å². The number of quaternary nitrogens is 1. The fourth-order valence-corrected chi connectivity index (χ4v) is 3.03. The molecule has 2 fully saturated rings. The standard InChI is InChI=1S/C13H22N2O3/c16-12(17)10-14-6-8-15(9-7-14)13(18)11-4-2-1-3-5-11/h11H,1-10H2,(H,16,17). The monoisotopic (exact) mass is 254 g/mol. The number of carboxylic acid groups (broad SMARTS) is 1. The van der Waals surface area contributed by atoms with Crippen LogP contribution in [0.5, 0.6) is 0 Å². The summed E-state index contributed by atoms with van der Waals surface area (Å²) in [4.78, 5) is 25.7. The van der Waals surface area contributed by atoms with Crippen molar-refractivity contribution in [3.63, 3.8) is 0 Å². The minimum Gasteiger partial charge on any atom is -0.544 e. The van der Waals surface area contributed by atoms with Crippen molar-refractivity contribution in [2.75, 3.05) is 32.7 Å². The summed E-state index contributed by atoms with van der Waals surface area (Å²) in [6.07, 6.45) is 5.67. The van der Waals surface area contributed by atoms with Gasteiger partial charge in [0.1, 0.15) is 6.54 Å². The van der Waals surface area contributed by atoms with Crippen LogP contribution < -0.4 is 10.0 Å². The van der Waals surface area contributed by atoms with Gasteiger partial charge in [0.2, 0.25) is 5.91 Å². The van der Waals surface area contributed by atoms with Gasteiger partial charge in [0, 0.05) is 5.92 Å². The number of nitrogens with zero attached hydrogens (tertiary/aromatic N) is 1. The molecule has 2 rings (SSSR count). The summed E-state index contributed by atoms with van der Waals surface area (Å²) < 4.78 is 0. The maximum atomic E-state index is 12.3. The average Bonchev–Trinajstić information content (AvgIpc) is 2.39. The Kier molecular flexibility index (Phi) is 4.58. The summed E-state index contributed by atoms with van der Waals surface area (Å²) in [5.41, 5.74) is 0. The lowest BCUT2D eigenvalue weighted by atomic mass is 9.88. The topological polar surface area (TPSA) is 64.9 Å². The molecule has 5 nitrogen and oxygen atoms in total. The van der Waals surface area contributed by atoms with Crippen LogP contribution in [0, 0.1) is 5.92 Å². The Bertz CT molecular complexity index is 305. The Labute approximate surface area is 108 Å². The van der Waals surface area contributed by atoms with Gasteiger partial charge in [-0.1, -0.05) is 19.3 Å². The summed E-state index contributed by atoms with van der Waals surface area (Å²) in [5, 5.41) is 10.5. The van der Waals surface area contributed by atoms with Gasteiger partial charge in [-0.25, -0.2) is 0 Å². The Morgan fingerprint density at radius 2 is 1.72 bits per heavy atom. The van der Waals surface area contributed by atoms with E-state index in [0.29, 0.717) is 19.0 Å². The van der Waals surface area contributed by atoms with Crippen molar-refractivity contribution in [2.24, 2.45) is 5.92 Å². The zero-order valence-corrected chi connectivity index (χ0v) is 10.8. The Morgan fingerprint density at radius 3 is 2.28 bits per heavy atom. The molecule has 0 atom stereocenters. The molecular formula is C13H22N2O3. The average molecular weight is 254 g/mol. The number of carbonyl (C=O) groups excluding carboxylic acids is 2. The van der Waals surface area contributed by atoms with Gasteiger partial charge in [0.15, 0.2) is 0 Å². The number of carboxylic acids is 1. The summed E-state index contributed by atoms with van der Waals surface area (Å²) in [5.74, 6) is -0.485. The third-order valence-corrected chi connectivity index (χ3v) is 4.13. The van der Waals surface area contributed by atoms with E-state index < -0.39 is 5.97 Å². The molecule has 0 spiro atoms. The SMILES string of the molecule is O=C([O-])C[NH+]1CCN(C(=O)C2CCCCC2)CC1. The van der Waals surface area contributed by atoms with Gasteiger partial charge in [-0.05, 0) is 12.8 Å². The normalized spacial score (nSPS) is 23.0. The summed E-state index contributed by atoms with van der Waals surface area (Å²) in [6.45, 7) is 2.90. The van der Waals surface area contributed by atoms with Crippen LogP contribution >= 0.6 is 0 Å². The number of carbonyl (C=O) groups is 2. The number of hydrogen-bond acceptors (Lipinski definition) is 3. The third kappa shape index (κ3) is 3.45. The van der Waals surface area contributed by atoms with Crippen LogP contribution in [0.2, 0.25) is 0 Å². The smallest absolute Gasteiger partial charge is 0.226 e. The summed E-state index contributed by atoms with van der Waals surface area (Å²) >= 11 is 0. The fraction of sp³-hybridized carbons (Fsp3) is 0.846. The molecule has 1 saturated carbocycles. The molecule has 1 aliphatic heterocycles. The molecule has 5 heteroatoms. The predicted octanol–water partition coefficient (Wildman–Crippen LogP) is -1.96. The van der Waals surface area contributed by atoms with Crippen molar-refractivity contribution < 1.29 is 19.6 Å². The molecule has 102 valence electrons. The van der Waals surface area contributed by atoms with E-state index in [0.717, 1.165) is 30.8 Å². The molecule has 1 heterocycles. The highest BCUT2D eigenvalue weighted by Crippen LogP contribution is 2.25. The predicted molar refractivity (Wildman–Crippen MR) is 63.7 cm³/mol. The van der Waals surface area contributed by atoms with Gasteiger partial charge in [-0.2, -0.15) is 0 Å². The van der Waals surface area contributed by atoms with E-state index in [1.165, 1.54) is 19.3 Å². The zero-order valence-electron chi connectivity index (χ0n) is 10.8.